The Labute approximate surface area is 193 Å². The molecule has 3 rings (SSSR count). The van der Waals surface area contributed by atoms with Crippen LogP contribution in [0.2, 0.25) is 0 Å². The highest BCUT2D eigenvalue weighted by molar-refractivity contribution is 14.1. The van der Waals surface area contributed by atoms with Crippen molar-refractivity contribution < 1.29 is 9.59 Å². The number of halogens is 1. The quantitative estimate of drug-likeness (QED) is 0.196. The lowest BCUT2D eigenvalue weighted by molar-refractivity contribution is 0.102. The van der Waals surface area contributed by atoms with Crippen molar-refractivity contribution in [1.82, 2.24) is 19.7 Å². The number of nitrogens with one attached hydrogen (secondary N) is 3. The number of benzene rings is 1. The van der Waals surface area contributed by atoms with Crippen LogP contribution in [0.1, 0.15) is 31.8 Å². The number of aryl methyl sites for hydroxylation is 1. The van der Waals surface area contributed by atoms with Gasteiger partial charge in [-0.3, -0.25) is 19.7 Å². The van der Waals surface area contributed by atoms with E-state index in [0.717, 1.165) is 9.99 Å². The van der Waals surface area contributed by atoms with Crippen molar-refractivity contribution >= 4 is 51.9 Å². The van der Waals surface area contributed by atoms with Crippen molar-refractivity contribution in [2.75, 3.05) is 24.7 Å². The van der Waals surface area contributed by atoms with E-state index in [1.54, 1.807) is 62.6 Å². The maximum atomic E-state index is 12.7. The molecule has 0 fully saturated rings. The van der Waals surface area contributed by atoms with Gasteiger partial charge < -0.3 is 15.5 Å². The minimum atomic E-state index is -0.423. The van der Waals surface area contributed by atoms with Gasteiger partial charge in [-0.05, 0) is 23.8 Å². The van der Waals surface area contributed by atoms with Crippen molar-refractivity contribution in [3.8, 4) is 0 Å². The number of amidine groups is 1. The molecule has 0 radical (unpaired) electrons. The van der Waals surface area contributed by atoms with Crippen LogP contribution in [-0.2, 0) is 11.5 Å². The molecule has 0 atom stereocenters. The molecule has 31 heavy (non-hydrogen) atoms. The molecule has 0 spiro atoms. The van der Waals surface area contributed by atoms with Crippen LogP contribution in [0.3, 0.4) is 0 Å². The van der Waals surface area contributed by atoms with Crippen LogP contribution in [-0.4, -0.2) is 51.4 Å². The molecular formula is C21H22IN7O2. The van der Waals surface area contributed by atoms with E-state index in [1.165, 1.54) is 10.9 Å². The molecule has 0 aliphatic carbocycles. The first-order valence-corrected chi connectivity index (χ1v) is 10.8. The molecule has 3 N–H and O–H groups in total. The lowest BCUT2D eigenvalue weighted by Crippen LogP contribution is -2.22. The van der Waals surface area contributed by atoms with Crippen LogP contribution in [0.4, 0.5) is 11.6 Å². The molecule has 0 bridgehead atoms. The summed E-state index contributed by atoms with van der Waals surface area (Å²) in [6, 6.07) is 10.3. The molecule has 160 valence electrons. The lowest BCUT2D eigenvalue weighted by Gasteiger charge is -2.14. The van der Waals surface area contributed by atoms with Crippen LogP contribution in [0.15, 0.2) is 48.8 Å². The monoisotopic (exact) mass is 531 g/mol. The van der Waals surface area contributed by atoms with E-state index in [0.29, 0.717) is 22.8 Å². The van der Waals surface area contributed by atoms with Gasteiger partial charge in [-0.25, -0.2) is 4.98 Å². The van der Waals surface area contributed by atoms with Crippen molar-refractivity contribution in [2.24, 2.45) is 7.05 Å². The van der Waals surface area contributed by atoms with E-state index in [-0.39, 0.29) is 17.3 Å². The van der Waals surface area contributed by atoms with Crippen LogP contribution in [0.5, 0.6) is 0 Å². The molecule has 0 saturated heterocycles. The Bertz CT molecular complexity index is 1110. The van der Waals surface area contributed by atoms with Gasteiger partial charge in [0.2, 0.25) is 0 Å². The van der Waals surface area contributed by atoms with E-state index in [2.05, 4.69) is 43.3 Å². The molecule has 1 aromatic carbocycles. The number of aromatic nitrogens is 3. The Morgan fingerprint density at radius 2 is 1.71 bits per heavy atom. The van der Waals surface area contributed by atoms with Crippen LogP contribution >= 0.6 is 22.6 Å². The first-order valence-electron chi connectivity index (χ1n) is 9.32. The van der Waals surface area contributed by atoms with Gasteiger partial charge in [0.05, 0.1) is 6.20 Å². The summed E-state index contributed by atoms with van der Waals surface area (Å²) < 4.78 is 2.25. The molecule has 0 aliphatic heterocycles. The summed E-state index contributed by atoms with van der Waals surface area (Å²) in [5.41, 5.74) is 2.38. The zero-order valence-electron chi connectivity index (χ0n) is 17.3. The van der Waals surface area contributed by atoms with Crippen LogP contribution in [0.25, 0.3) is 0 Å². The van der Waals surface area contributed by atoms with E-state index in [9.17, 15) is 9.59 Å². The third-order valence-corrected chi connectivity index (χ3v) is 5.38. The molecule has 2 amide bonds. The number of hydrogen-bond acceptors (Lipinski definition) is 5. The maximum Gasteiger partial charge on any atom is 0.262 e. The van der Waals surface area contributed by atoms with Crippen molar-refractivity contribution in [3.05, 3.63) is 71.0 Å². The fourth-order valence-corrected chi connectivity index (χ4v) is 3.18. The Kier molecular flexibility index (Phi) is 7.00. The Morgan fingerprint density at radius 3 is 2.29 bits per heavy atom. The lowest BCUT2D eigenvalue weighted by atomic mass is 10.1. The summed E-state index contributed by atoms with van der Waals surface area (Å²) in [5.74, 6) is 0.228. The van der Waals surface area contributed by atoms with Gasteiger partial charge in [-0.1, -0.05) is 40.8 Å². The van der Waals surface area contributed by atoms with Gasteiger partial charge in [0.25, 0.3) is 11.8 Å². The standard InChI is InChI=1S/C21H22IN7O2/c1-28(2)18(23)14-5-7-15(8-6-14)20(30)27-19-16(12-25-29(19)3)21(31)26-17-9-4-13(10-22)11-24-17/h4-9,11-12,23H,10H2,1-3H3,(H,27,30)(H,24,26,31). The fourth-order valence-electron chi connectivity index (χ4n) is 2.73. The van der Waals surface area contributed by atoms with E-state index in [1.807, 2.05) is 6.07 Å². The fraction of sp³-hybridized carbons (Fsp3) is 0.190. The maximum absolute atomic E-state index is 12.7. The molecule has 0 aliphatic rings. The number of amides is 2. The minimum absolute atomic E-state index is 0.224. The van der Waals surface area contributed by atoms with Gasteiger partial charge in [0, 0.05) is 42.9 Å². The number of alkyl halides is 1. The van der Waals surface area contributed by atoms with Crippen molar-refractivity contribution in [2.45, 2.75) is 4.43 Å². The highest BCUT2D eigenvalue weighted by Crippen LogP contribution is 2.18. The minimum Gasteiger partial charge on any atom is -0.363 e. The number of pyridine rings is 1. The first kappa shape index (κ1) is 22.4. The van der Waals surface area contributed by atoms with E-state index >= 15 is 0 Å². The predicted molar refractivity (Wildman–Crippen MR) is 128 cm³/mol. The molecule has 10 heteroatoms. The number of rotatable bonds is 6. The van der Waals surface area contributed by atoms with Crippen molar-refractivity contribution in [1.29, 1.82) is 5.41 Å². The molecule has 2 heterocycles. The second-order valence-electron chi connectivity index (χ2n) is 6.94. The van der Waals surface area contributed by atoms with Crippen molar-refractivity contribution in [3.63, 3.8) is 0 Å². The SMILES string of the molecule is CN(C)C(=N)c1ccc(C(=O)Nc2c(C(=O)Nc3ccc(CI)cn3)cnn2C)cc1. The summed E-state index contributed by atoms with van der Waals surface area (Å²) in [5, 5.41) is 17.6. The average Bonchev–Trinajstić information content (AvgIpc) is 3.14. The zero-order chi connectivity index (χ0) is 22.5. The van der Waals surface area contributed by atoms with Crippen LogP contribution < -0.4 is 10.6 Å². The highest BCUT2D eigenvalue weighted by Gasteiger charge is 2.19. The van der Waals surface area contributed by atoms with Gasteiger partial charge in [-0.2, -0.15) is 5.10 Å². The van der Waals surface area contributed by atoms with Gasteiger partial charge in [-0.15, -0.1) is 0 Å². The van der Waals surface area contributed by atoms with Crippen LogP contribution in [0, 0.1) is 5.41 Å². The smallest absolute Gasteiger partial charge is 0.262 e. The highest BCUT2D eigenvalue weighted by atomic mass is 127. The summed E-state index contributed by atoms with van der Waals surface area (Å²) in [6.45, 7) is 0. The largest absolute Gasteiger partial charge is 0.363 e. The Balaban J connectivity index is 1.75. The van der Waals surface area contributed by atoms with Gasteiger partial charge in [0.15, 0.2) is 0 Å². The summed E-state index contributed by atoms with van der Waals surface area (Å²) >= 11 is 2.24. The second kappa shape index (κ2) is 9.69. The number of carbonyl (C=O) groups excluding carboxylic acids is 2. The number of carbonyl (C=O) groups is 2. The summed E-state index contributed by atoms with van der Waals surface area (Å²) in [7, 11) is 5.21. The normalized spacial score (nSPS) is 10.5. The molecular weight excluding hydrogens is 509 g/mol. The molecule has 9 nitrogen and oxygen atoms in total. The number of nitrogens with zero attached hydrogens (tertiary/aromatic N) is 4. The third kappa shape index (κ3) is 5.26. The molecule has 0 saturated carbocycles. The van der Waals surface area contributed by atoms with Gasteiger partial charge >= 0.3 is 0 Å². The second-order valence-corrected chi connectivity index (χ2v) is 7.71. The first-order chi connectivity index (χ1) is 14.8. The third-order valence-electron chi connectivity index (χ3n) is 4.50. The number of anilines is 2. The topological polar surface area (TPSA) is 116 Å². The predicted octanol–water partition coefficient (Wildman–Crippen LogP) is 3.14. The average molecular weight is 531 g/mol. The molecule has 2 aromatic heterocycles. The summed E-state index contributed by atoms with van der Waals surface area (Å²) in [6.07, 6.45) is 3.10. The van der Waals surface area contributed by atoms with E-state index < -0.39 is 5.91 Å². The zero-order valence-corrected chi connectivity index (χ0v) is 19.5. The summed E-state index contributed by atoms with van der Waals surface area (Å²) in [4.78, 5) is 31.3. The van der Waals surface area contributed by atoms with E-state index in [4.69, 9.17) is 5.41 Å². The Morgan fingerprint density at radius 1 is 1.03 bits per heavy atom. The molecule has 3 aromatic rings. The van der Waals surface area contributed by atoms with Gasteiger partial charge in [0.1, 0.15) is 23.0 Å². The number of hydrogen-bond donors (Lipinski definition) is 3. The Hall–Kier alpha value is -3.28. The molecule has 0 unspecified atom stereocenters.